The van der Waals surface area contributed by atoms with E-state index in [-0.39, 0.29) is 0 Å². The van der Waals surface area contributed by atoms with E-state index in [9.17, 15) is 5.11 Å². The van der Waals surface area contributed by atoms with Crippen LogP contribution in [0.2, 0.25) is 0 Å². The summed E-state index contributed by atoms with van der Waals surface area (Å²) in [5, 5.41) is 10.1. The fourth-order valence-electron chi connectivity index (χ4n) is 1.47. The molecule has 0 fully saturated rings. The Morgan fingerprint density at radius 3 is 2.80 bits per heavy atom. The number of hydrogen-bond acceptors (Lipinski definition) is 4. The summed E-state index contributed by atoms with van der Waals surface area (Å²) in [6.45, 7) is 6.09. The van der Waals surface area contributed by atoms with Gasteiger partial charge in [0, 0.05) is 30.3 Å². The van der Waals surface area contributed by atoms with Crippen molar-refractivity contribution in [3.05, 3.63) is 24.0 Å². The van der Waals surface area contributed by atoms with Gasteiger partial charge in [0.05, 0.1) is 5.60 Å². The summed E-state index contributed by atoms with van der Waals surface area (Å²) in [6, 6.07) is 1.67. The van der Waals surface area contributed by atoms with Crippen LogP contribution in [0.5, 0.6) is 0 Å². The second-order valence-electron chi connectivity index (χ2n) is 3.94. The number of pyridine rings is 1. The van der Waals surface area contributed by atoms with Crippen molar-refractivity contribution in [2.45, 2.75) is 32.5 Å². The first kappa shape index (κ1) is 11.9. The van der Waals surface area contributed by atoms with Gasteiger partial charge in [-0.3, -0.25) is 4.98 Å². The van der Waals surface area contributed by atoms with Gasteiger partial charge in [-0.2, -0.15) is 0 Å². The topological polar surface area (TPSA) is 68.4 Å². The molecule has 4 heteroatoms. The lowest BCUT2D eigenvalue weighted by atomic mass is 9.94. The summed E-state index contributed by atoms with van der Waals surface area (Å²) in [7, 11) is 0. The van der Waals surface area contributed by atoms with Crippen LogP contribution < -0.4 is 5.73 Å². The average Bonchev–Trinajstić information content (AvgIpc) is 2.17. The van der Waals surface area contributed by atoms with E-state index >= 15 is 0 Å². The fourth-order valence-corrected chi connectivity index (χ4v) is 1.47. The highest BCUT2D eigenvalue weighted by atomic mass is 16.5. The van der Waals surface area contributed by atoms with Crippen molar-refractivity contribution in [1.29, 1.82) is 0 Å². The molecule has 84 valence electrons. The van der Waals surface area contributed by atoms with Crippen molar-refractivity contribution < 1.29 is 9.84 Å². The number of aliphatic hydroxyl groups is 1. The normalized spacial score (nSPS) is 13.9. The van der Waals surface area contributed by atoms with E-state index in [1.807, 2.05) is 20.8 Å². The first-order chi connectivity index (χ1) is 6.99. The van der Waals surface area contributed by atoms with E-state index < -0.39 is 11.7 Å². The third kappa shape index (κ3) is 2.67. The first-order valence-corrected chi connectivity index (χ1v) is 5.00. The molecule has 1 aromatic heterocycles. The SMILES string of the molecule is CCOC(C)(C)C(O)c1cnccc1N. The van der Waals surface area contributed by atoms with E-state index in [1.54, 1.807) is 18.5 Å². The van der Waals surface area contributed by atoms with Gasteiger partial charge in [-0.15, -0.1) is 0 Å². The molecule has 0 aliphatic heterocycles. The van der Waals surface area contributed by atoms with Gasteiger partial charge < -0.3 is 15.6 Å². The van der Waals surface area contributed by atoms with Crippen molar-refractivity contribution >= 4 is 5.69 Å². The van der Waals surface area contributed by atoms with Gasteiger partial charge in [0.15, 0.2) is 0 Å². The summed E-state index contributed by atoms with van der Waals surface area (Å²) in [5.41, 5.74) is 6.24. The number of nitrogens with zero attached hydrogens (tertiary/aromatic N) is 1. The maximum Gasteiger partial charge on any atom is 0.111 e. The van der Waals surface area contributed by atoms with Crippen LogP contribution in [0.3, 0.4) is 0 Å². The lowest BCUT2D eigenvalue weighted by Gasteiger charge is -2.30. The fraction of sp³-hybridized carbons (Fsp3) is 0.545. The number of nitrogen functional groups attached to an aromatic ring is 1. The van der Waals surface area contributed by atoms with Crippen LogP contribution in [0.1, 0.15) is 32.4 Å². The minimum atomic E-state index is -0.772. The van der Waals surface area contributed by atoms with Gasteiger partial charge >= 0.3 is 0 Å². The van der Waals surface area contributed by atoms with E-state index in [1.165, 1.54) is 0 Å². The van der Waals surface area contributed by atoms with E-state index in [4.69, 9.17) is 10.5 Å². The lowest BCUT2D eigenvalue weighted by Crippen LogP contribution is -2.33. The highest BCUT2D eigenvalue weighted by molar-refractivity contribution is 5.46. The molecule has 1 heterocycles. The molecule has 0 saturated heterocycles. The van der Waals surface area contributed by atoms with Crippen LogP contribution in [0.4, 0.5) is 5.69 Å². The third-order valence-corrected chi connectivity index (χ3v) is 2.36. The Bertz CT molecular complexity index is 326. The van der Waals surface area contributed by atoms with Crippen LogP contribution in [-0.4, -0.2) is 22.3 Å². The molecule has 15 heavy (non-hydrogen) atoms. The van der Waals surface area contributed by atoms with Crippen molar-refractivity contribution in [3.8, 4) is 0 Å². The summed E-state index contributed by atoms with van der Waals surface area (Å²) < 4.78 is 5.47. The average molecular weight is 210 g/mol. The van der Waals surface area contributed by atoms with Gasteiger partial charge in [-0.25, -0.2) is 0 Å². The zero-order valence-corrected chi connectivity index (χ0v) is 9.40. The van der Waals surface area contributed by atoms with Crippen LogP contribution in [0.15, 0.2) is 18.5 Å². The minimum absolute atomic E-state index is 0.533. The van der Waals surface area contributed by atoms with Gasteiger partial charge in [-0.05, 0) is 26.8 Å². The second kappa shape index (κ2) is 4.59. The molecular formula is C11H18N2O2. The van der Waals surface area contributed by atoms with Crippen LogP contribution in [-0.2, 0) is 4.74 Å². The van der Waals surface area contributed by atoms with E-state index in [0.717, 1.165) is 0 Å². The molecule has 0 saturated carbocycles. The number of aliphatic hydroxyl groups excluding tert-OH is 1. The first-order valence-electron chi connectivity index (χ1n) is 5.00. The summed E-state index contributed by atoms with van der Waals surface area (Å²) >= 11 is 0. The maximum atomic E-state index is 10.1. The Balaban J connectivity index is 2.93. The van der Waals surface area contributed by atoms with E-state index in [0.29, 0.717) is 17.9 Å². The molecule has 0 aromatic carbocycles. The monoisotopic (exact) mass is 210 g/mol. The summed E-state index contributed by atoms with van der Waals surface area (Å²) in [5.74, 6) is 0. The smallest absolute Gasteiger partial charge is 0.111 e. The van der Waals surface area contributed by atoms with Gasteiger partial charge in [0.2, 0.25) is 0 Å². The standard InChI is InChI=1S/C11H18N2O2/c1-4-15-11(2,3)10(14)8-7-13-6-5-9(8)12/h5-7,10,14H,4H2,1-3H3,(H2,12,13). The number of anilines is 1. The molecule has 1 unspecified atom stereocenters. The molecule has 0 aliphatic rings. The highest BCUT2D eigenvalue weighted by Gasteiger charge is 2.30. The minimum Gasteiger partial charge on any atom is -0.398 e. The van der Waals surface area contributed by atoms with E-state index in [2.05, 4.69) is 4.98 Å². The zero-order valence-electron chi connectivity index (χ0n) is 9.40. The predicted octanol–water partition coefficient (Wildman–Crippen LogP) is 1.51. The predicted molar refractivity (Wildman–Crippen MR) is 59.3 cm³/mol. The summed E-state index contributed by atoms with van der Waals surface area (Å²) in [4.78, 5) is 3.94. The molecule has 0 amide bonds. The second-order valence-corrected chi connectivity index (χ2v) is 3.94. The molecule has 3 N–H and O–H groups in total. The number of hydrogen-bond donors (Lipinski definition) is 2. The molecular weight excluding hydrogens is 192 g/mol. The van der Waals surface area contributed by atoms with Crippen molar-refractivity contribution in [1.82, 2.24) is 4.98 Å². The Morgan fingerprint density at radius 1 is 1.60 bits per heavy atom. The van der Waals surface area contributed by atoms with Gasteiger partial charge in [0.25, 0.3) is 0 Å². The Morgan fingerprint density at radius 2 is 2.27 bits per heavy atom. The molecule has 0 bridgehead atoms. The molecule has 0 aliphatic carbocycles. The Kier molecular flexibility index (Phi) is 3.66. The van der Waals surface area contributed by atoms with Crippen LogP contribution >= 0.6 is 0 Å². The largest absolute Gasteiger partial charge is 0.398 e. The van der Waals surface area contributed by atoms with Crippen molar-refractivity contribution in [2.24, 2.45) is 0 Å². The zero-order chi connectivity index (χ0) is 11.5. The van der Waals surface area contributed by atoms with Crippen LogP contribution in [0.25, 0.3) is 0 Å². The molecule has 4 nitrogen and oxygen atoms in total. The molecule has 1 rings (SSSR count). The van der Waals surface area contributed by atoms with Crippen molar-refractivity contribution in [3.63, 3.8) is 0 Å². The Hall–Kier alpha value is -1.13. The molecule has 0 radical (unpaired) electrons. The molecule has 0 spiro atoms. The molecule has 1 atom stereocenters. The number of nitrogens with two attached hydrogens (primary N) is 1. The molecule has 1 aromatic rings. The third-order valence-electron chi connectivity index (χ3n) is 2.36. The summed E-state index contributed by atoms with van der Waals surface area (Å²) in [6.07, 6.45) is 2.39. The Labute approximate surface area is 90.1 Å². The van der Waals surface area contributed by atoms with Gasteiger partial charge in [0.1, 0.15) is 6.10 Å². The number of rotatable bonds is 4. The maximum absolute atomic E-state index is 10.1. The van der Waals surface area contributed by atoms with Gasteiger partial charge in [-0.1, -0.05) is 0 Å². The lowest BCUT2D eigenvalue weighted by molar-refractivity contribution is -0.0981. The quantitative estimate of drug-likeness (QED) is 0.790. The number of aromatic nitrogens is 1. The number of ether oxygens (including phenoxy) is 1. The van der Waals surface area contributed by atoms with Crippen molar-refractivity contribution in [2.75, 3.05) is 12.3 Å². The van der Waals surface area contributed by atoms with Crippen LogP contribution in [0, 0.1) is 0 Å². The highest BCUT2D eigenvalue weighted by Crippen LogP contribution is 2.31.